The fourth-order valence-corrected chi connectivity index (χ4v) is 3.03. The molecule has 0 saturated heterocycles. The normalized spacial score (nSPS) is 24.6. The molecule has 1 fully saturated rings. The van der Waals surface area contributed by atoms with Crippen molar-refractivity contribution in [3.63, 3.8) is 0 Å². The van der Waals surface area contributed by atoms with Gasteiger partial charge in [0.15, 0.2) is 0 Å². The fourth-order valence-electron chi connectivity index (χ4n) is 3.03. The Morgan fingerprint density at radius 2 is 2.05 bits per heavy atom. The Kier molecular flexibility index (Phi) is 4.67. The number of rotatable bonds is 4. The van der Waals surface area contributed by atoms with Crippen molar-refractivity contribution in [3.05, 3.63) is 18.0 Å². The number of aromatic nitrogens is 2. The average molecular weight is 263 g/mol. The minimum absolute atomic E-state index is 0.166. The molecule has 1 aromatic rings. The molecular formula is C16H29N3. The molecule has 3 heteroatoms. The third-order valence-electron chi connectivity index (χ3n) is 4.21. The van der Waals surface area contributed by atoms with Crippen LogP contribution >= 0.6 is 0 Å². The van der Waals surface area contributed by atoms with Gasteiger partial charge in [-0.2, -0.15) is 5.10 Å². The van der Waals surface area contributed by atoms with Gasteiger partial charge < -0.3 is 5.32 Å². The van der Waals surface area contributed by atoms with Crippen LogP contribution in [0.2, 0.25) is 0 Å². The van der Waals surface area contributed by atoms with E-state index in [4.69, 9.17) is 0 Å². The van der Waals surface area contributed by atoms with Crippen molar-refractivity contribution in [1.82, 2.24) is 15.1 Å². The molecule has 3 nitrogen and oxygen atoms in total. The van der Waals surface area contributed by atoms with Gasteiger partial charge in [-0.1, -0.05) is 26.2 Å². The molecule has 2 atom stereocenters. The first kappa shape index (κ1) is 14.6. The van der Waals surface area contributed by atoms with Crippen molar-refractivity contribution in [2.24, 2.45) is 5.92 Å². The molecule has 0 aromatic carbocycles. The smallest absolute Gasteiger partial charge is 0.0547 e. The summed E-state index contributed by atoms with van der Waals surface area (Å²) in [6.07, 6.45) is 11.0. The highest BCUT2D eigenvalue weighted by atomic mass is 15.3. The summed E-state index contributed by atoms with van der Waals surface area (Å²) >= 11 is 0. The van der Waals surface area contributed by atoms with E-state index in [1.165, 1.54) is 37.7 Å². The van der Waals surface area contributed by atoms with Crippen LogP contribution in [0.3, 0.4) is 0 Å². The van der Waals surface area contributed by atoms with Gasteiger partial charge in [0.2, 0.25) is 0 Å². The van der Waals surface area contributed by atoms with Crippen molar-refractivity contribution in [1.29, 1.82) is 0 Å². The SMILES string of the molecule is CCC1CCCCC1n1cc(CNC(C)(C)C)cn1. The standard InChI is InChI=1S/C16H29N3/c1-5-14-8-6-7-9-15(14)19-12-13(11-18-19)10-17-16(2,3)4/h11-12,14-15,17H,5-10H2,1-4H3. The van der Waals surface area contributed by atoms with Gasteiger partial charge in [-0.3, -0.25) is 4.68 Å². The molecule has 0 aliphatic heterocycles. The molecule has 1 aliphatic rings. The van der Waals surface area contributed by atoms with E-state index in [-0.39, 0.29) is 5.54 Å². The maximum absolute atomic E-state index is 4.62. The molecule has 1 saturated carbocycles. The van der Waals surface area contributed by atoms with E-state index in [0.29, 0.717) is 6.04 Å². The van der Waals surface area contributed by atoms with Crippen LogP contribution in [-0.2, 0) is 6.54 Å². The molecule has 0 amide bonds. The molecule has 1 N–H and O–H groups in total. The van der Waals surface area contributed by atoms with Crippen LogP contribution in [-0.4, -0.2) is 15.3 Å². The van der Waals surface area contributed by atoms with Gasteiger partial charge in [-0.05, 0) is 39.5 Å². The second-order valence-corrected chi connectivity index (χ2v) is 6.95. The van der Waals surface area contributed by atoms with E-state index in [9.17, 15) is 0 Å². The van der Waals surface area contributed by atoms with Gasteiger partial charge in [0.25, 0.3) is 0 Å². The Labute approximate surface area is 117 Å². The predicted molar refractivity (Wildman–Crippen MR) is 80.1 cm³/mol. The topological polar surface area (TPSA) is 29.9 Å². The highest BCUT2D eigenvalue weighted by Crippen LogP contribution is 2.35. The van der Waals surface area contributed by atoms with Gasteiger partial charge in [0.05, 0.1) is 12.2 Å². The molecule has 0 radical (unpaired) electrons. The molecule has 1 aromatic heterocycles. The van der Waals surface area contributed by atoms with Crippen LogP contribution in [0.4, 0.5) is 0 Å². The largest absolute Gasteiger partial charge is 0.308 e. The van der Waals surface area contributed by atoms with Crippen LogP contribution in [0.1, 0.15) is 71.4 Å². The predicted octanol–water partition coefficient (Wildman–Crippen LogP) is 3.91. The summed E-state index contributed by atoms with van der Waals surface area (Å²) in [5, 5.41) is 8.14. The van der Waals surface area contributed by atoms with Gasteiger partial charge in [0.1, 0.15) is 0 Å². The summed E-state index contributed by atoms with van der Waals surface area (Å²) in [7, 11) is 0. The van der Waals surface area contributed by atoms with E-state index in [1.54, 1.807) is 0 Å². The Morgan fingerprint density at radius 1 is 1.32 bits per heavy atom. The van der Waals surface area contributed by atoms with Gasteiger partial charge in [-0.25, -0.2) is 0 Å². The molecule has 1 heterocycles. The lowest BCUT2D eigenvalue weighted by Gasteiger charge is -2.31. The Morgan fingerprint density at radius 3 is 2.74 bits per heavy atom. The summed E-state index contributed by atoms with van der Waals surface area (Å²) in [5.74, 6) is 0.817. The second-order valence-electron chi connectivity index (χ2n) is 6.95. The van der Waals surface area contributed by atoms with E-state index in [0.717, 1.165) is 12.5 Å². The van der Waals surface area contributed by atoms with Crippen molar-refractivity contribution in [3.8, 4) is 0 Å². The summed E-state index contributed by atoms with van der Waals surface area (Å²) < 4.78 is 2.23. The molecule has 0 spiro atoms. The lowest BCUT2D eigenvalue weighted by atomic mass is 9.83. The van der Waals surface area contributed by atoms with Crippen LogP contribution < -0.4 is 5.32 Å². The Bertz CT molecular complexity index is 389. The van der Waals surface area contributed by atoms with Crippen molar-refractivity contribution in [2.75, 3.05) is 0 Å². The van der Waals surface area contributed by atoms with E-state index < -0.39 is 0 Å². The molecule has 19 heavy (non-hydrogen) atoms. The highest BCUT2D eigenvalue weighted by Gasteiger charge is 2.25. The molecule has 0 bridgehead atoms. The number of hydrogen-bond acceptors (Lipinski definition) is 2. The summed E-state index contributed by atoms with van der Waals surface area (Å²) in [6.45, 7) is 9.82. The first-order chi connectivity index (χ1) is 8.99. The lowest BCUT2D eigenvalue weighted by molar-refractivity contribution is 0.217. The minimum atomic E-state index is 0.166. The third-order valence-corrected chi connectivity index (χ3v) is 4.21. The summed E-state index contributed by atoms with van der Waals surface area (Å²) in [4.78, 5) is 0. The zero-order chi connectivity index (χ0) is 13.9. The van der Waals surface area contributed by atoms with Crippen LogP contribution in [0.25, 0.3) is 0 Å². The third kappa shape index (κ3) is 4.07. The first-order valence-electron chi connectivity index (χ1n) is 7.77. The molecule has 2 rings (SSSR count). The summed E-state index contributed by atoms with van der Waals surface area (Å²) in [5.41, 5.74) is 1.47. The van der Waals surface area contributed by atoms with E-state index in [2.05, 4.69) is 49.0 Å². The van der Waals surface area contributed by atoms with Crippen molar-refractivity contribution in [2.45, 2.75) is 77.9 Å². The quantitative estimate of drug-likeness (QED) is 0.892. The molecular weight excluding hydrogens is 234 g/mol. The highest BCUT2D eigenvalue weighted by molar-refractivity contribution is 5.05. The average Bonchev–Trinajstić information content (AvgIpc) is 2.84. The van der Waals surface area contributed by atoms with Gasteiger partial charge >= 0.3 is 0 Å². The maximum Gasteiger partial charge on any atom is 0.0547 e. The van der Waals surface area contributed by atoms with Crippen LogP contribution in [0.5, 0.6) is 0 Å². The zero-order valence-corrected chi connectivity index (χ0v) is 12.9. The van der Waals surface area contributed by atoms with Crippen LogP contribution in [0.15, 0.2) is 12.4 Å². The van der Waals surface area contributed by atoms with E-state index >= 15 is 0 Å². The minimum Gasteiger partial charge on any atom is -0.308 e. The number of hydrogen-bond donors (Lipinski definition) is 1. The summed E-state index contributed by atoms with van der Waals surface area (Å²) in [6, 6.07) is 0.627. The van der Waals surface area contributed by atoms with Gasteiger partial charge in [-0.15, -0.1) is 0 Å². The van der Waals surface area contributed by atoms with E-state index in [1.807, 2.05) is 6.20 Å². The van der Waals surface area contributed by atoms with Gasteiger partial charge in [0, 0.05) is 23.8 Å². The van der Waals surface area contributed by atoms with Crippen molar-refractivity contribution < 1.29 is 0 Å². The lowest BCUT2D eigenvalue weighted by Crippen LogP contribution is -2.34. The zero-order valence-electron chi connectivity index (χ0n) is 12.9. The molecule has 2 unspecified atom stereocenters. The molecule has 1 aliphatic carbocycles. The maximum atomic E-state index is 4.62. The van der Waals surface area contributed by atoms with Crippen molar-refractivity contribution >= 4 is 0 Å². The molecule has 108 valence electrons. The van der Waals surface area contributed by atoms with Crippen LogP contribution in [0, 0.1) is 5.92 Å². The first-order valence-corrected chi connectivity index (χ1v) is 7.77. The second kappa shape index (κ2) is 6.08. The Balaban J connectivity index is 1.99. The Hall–Kier alpha value is -0.830. The monoisotopic (exact) mass is 263 g/mol. The fraction of sp³-hybridized carbons (Fsp3) is 0.812. The number of nitrogens with one attached hydrogen (secondary N) is 1. The number of nitrogens with zero attached hydrogens (tertiary/aromatic N) is 2.